The minimum absolute atomic E-state index is 0.158. The van der Waals surface area contributed by atoms with Crippen LogP contribution >= 0.6 is 0 Å². The highest BCUT2D eigenvalue weighted by Gasteiger charge is 2.30. The summed E-state index contributed by atoms with van der Waals surface area (Å²) in [6.45, 7) is 5.47. The molecule has 1 aromatic rings. The number of hydrogen-bond acceptors (Lipinski definition) is 6. The van der Waals surface area contributed by atoms with Crippen LogP contribution in [0.4, 0.5) is 11.5 Å². The molecule has 1 atom stereocenters. The van der Waals surface area contributed by atoms with Crippen LogP contribution in [0.5, 0.6) is 0 Å². The lowest BCUT2D eigenvalue weighted by Gasteiger charge is -2.24. The second kappa shape index (κ2) is 5.44. The molecule has 19 heavy (non-hydrogen) atoms. The molecule has 2 heterocycles. The van der Waals surface area contributed by atoms with Gasteiger partial charge in [-0.05, 0) is 26.3 Å². The number of aromatic nitrogens is 1. The van der Waals surface area contributed by atoms with E-state index in [0.29, 0.717) is 30.3 Å². The molecule has 104 valence electrons. The second-order valence-corrected chi connectivity index (χ2v) is 4.87. The van der Waals surface area contributed by atoms with Gasteiger partial charge in [-0.15, -0.1) is 0 Å². The van der Waals surface area contributed by atoms with Crippen LogP contribution in [0, 0.1) is 0 Å². The van der Waals surface area contributed by atoms with Crippen LogP contribution in [0.25, 0.3) is 0 Å². The van der Waals surface area contributed by atoms with Gasteiger partial charge in [0.2, 0.25) is 0 Å². The minimum atomic E-state index is -0.432. The van der Waals surface area contributed by atoms with Gasteiger partial charge >= 0.3 is 5.97 Å². The first kappa shape index (κ1) is 13.6. The van der Waals surface area contributed by atoms with E-state index >= 15 is 0 Å². The van der Waals surface area contributed by atoms with Crippen molar-refractivity contribution >= 4 is 17.5 Å². The number of ether oxygens (including phenoxy) is 2. The van der Waals surface area contributed by atoms with Gasteiger partial charge in [-0.25, -0.2) is 9.78 Å². The zero-order chi connectivity index (χ0) is 13.9. The third-order valence-electron chi connectivity index (χ3n) is 3.08. The van der Waals surface area contributed by atoms with E-state index in [1.54, 1.807) is 13.0 Å². The van der Waals surface area contributed by atoms with Gasteiger partial charge in [0.15, 0.2) is 0 Å². The molecule has 1 unspecified atom stereocenters. The van der Waals surface area contributed by atoms with Crippen LogP contribution in [-0.2, 0) is 9.47 Å². The van der Waals surface area contributed by atoms with E-state index in [1.165, 1.54) is 6.20 Å². The second-order valence-electron chi connectivity index (χ2n) is 4.87. The summed E-state index contributed by atoms with van der Waals surface area (Å²) in [7, 11) is 0. The molecule has 1 aliphatic rings. The van der Waals surface area contributed by atoms with Gasteiger partial charge in [0.25, 0.3) is 0 Å². The lowest BCUT2D eigenvalue weighted by Crippen LogP contribution is -2.35. The molecule has 0 spiro atoms. The highest BCUT2D eigenvalue weighted by molar-refractivity contribution is 5.95. The van der Waals surface area contributed by atoms with Crippen LogP contribution in [0.2, 0.25) is 0 Å². The molecular weight excluding hydrogens is 246 g/mol. The number of pyridine rings is 1. The quantitative estimate of drug-likeness (QED) is 0.801. The number of nitrogens with two attached hydrogens (primary N) is 1. The molecule has 6 heteroatoms. The monoisotopic (exact) mass is 265 g/mol. The van der Waals surface area contributed by atoms with Crippen molar-refractivity contribution in [3.8, 4) is 0 Å². The number of hydrogen-bond donors (Lipinski definition) is 2. The maximum absolute atomic E-state index is 11.8. The Balaban J connectivity index is 2.18. The summed E-state index contributed by atoms with van der Waals surface area (Å²) in [5.41, 5.74) is 6.24. The summed E-state index contributed by atoms with van der Waals surface area (Å²) in [6.07, 6.45) is 2.36. The highest BCUT2D eigenvalue weighted by atomic mass is 16.5. The molecule has 1 fully saturated rings. The van der Waals surface area contributed by atoms with E-state index in [-0.39, 0.29) is 5.54 Å². The number of nitrogens with one attached hydrogen (secondary N) is 1. The van der Waals surface area contributed by atoms with Gasteiger partial charge in [-0.3, -0.25) is 0 Å². The molecule has 2 rings (SSSR count). The fourth-order valence-electron chi connectivity index (χ4n) is 1.99. The van der Waals surface area contributed by atoms with Gasteiger partial charge in [0, 0.05) is 6.61 Å². The standard InChI is InChI=1S/C13H19N3O3/c1-3-19-12(17)9-6-11(15-7-10(9)14)16-13(2)4-5-18-8-13/h6-7H,3-5,8,14H2,1-2H3,(H,15,16). The lowest BCUT2D eigenvalue weighted by molar-refractivity contribution is 0.0527. The summed E-state index contributed by atoms with van der Waals surface area (Å²) in [6, 6.07) is 1.62. The van der Waals surface area contributed by atoms with Crippen molar-refractivity contribution in [2.45, 2.75) is 25.8 Å². The predicted octanol–water partition coefficient (Wildman–Crippen LogP) is 1.43. The van der Waals surface area contributed by atoms with Gasteiger partial charge in [-0.2, -0.15) is 0 Å². The van der Waals surface area contributed by atoms with E-state index in [1.807, 2.05) is 0 Å². The third-order valence-corrected chi connectivity index (χ3v) is 3.08. The molecule has 1 saturated heterocycles. The van der Waals surface area contributed by atoms with Crippen LogP contribution < -0.4 is 11.1 Å². The Labute approximate surface area is 112 Å². The van der Waals surface area contributed by atoms with Crippen molar-refractivity contribution < 1.29 is 14.3 Å². The fraction of sp³-hybridized carbons (Fsp3) is 0.538. The van der Waals surface area contributed by atoms with Crippen molar-refractivity contribution in [2.75, 3.05) is 30.9 Å². The van der Waals surface area contributed by atoms with E-state index < -0.39 is 5.97 Å². The first-order valence-electron chi connectivity index (χ1n) is 6.32. The molecule has 1 aliphatic heterocycles. The SMILES string of the molecule is CCOC(=O)c1cc(NC2(C)CCOC2)ncc1N. The number of nitrogen functional groups attached to an aromatic ring is 1. The number of carbonyl (C=O) groups is 1. The summed E-state index contributed by atoms with van der Waals surface area (Å²) in [5, 5.41) is 3.28. The first-order chi connectivity index (χ1) is 9.04. The zero-order valence-electron chi connectivity index (χ0n) is 11.2. The summed E-state index contributed by atoms with van der Waals surface area (Å²) in [5.74, 6) is 0.170. The van der Waals surface area contributed by atoms with Crippen LogP contribution in [0.15, 0.2) is 12.3 Å². The van der Waals surface area contributed by atoms with Crippen molar-refractivity contribution in [1.29, 1.82) is 0 Å². The average molecular weight is 265 g/mol. The van der Waals surface area contributed by atoms with Crippen molar-refractivity contribution in [2.24, 2.45) is 0 Å². The third kappa shape index (κ3) is 3.14. The Hall–Kier alpha value is -1.82. The van der Waals surface area contributed by atoms with Gasteiger partial charge in [0.05, 0.1) is 36.2 Å². The number of anilines is 2. The maximum Gasteiger partial charge on any atom is 0.340 e. The van der Waals surface area contributed by atoms with E-state index in [9.17, 15) is 4.79 Å². The zero-order valence-corrected chi connectivity index (χ0v) is 11.2. The Morgan fingerprint density at radius 3 is 3.11 bits per heavy atom. The molecule has 0 amide bonds. The van der Waals surface area contributed by atoms with Crippen LogP contribution in [0.3, 0.4) is 0 Å². The molecule has 3 N–H and O–H groups in total. The van der Waals surface area contributed by atoms with E-state index in [4.69, 9.17) is 15.2 Å². The Morgan fingerprint density at radius 2 is 2.47 bits per heavy atom. The summed E-state index contributed by atoms with van der Waals surface area (Å²) >= 11 is 0. The molecular formula is C13H19N3O3. The van der Waals surface area contributed by atoms with Crippen LogP contribution in [0.1, 0.15) is 30.6 Å². The Morgan fingerprint density at radius 1 is 1.68 bits per heavy atom. The van der Waals surface area contributed by atoms with E-state index in [0.717, 1.165) is 13.0 Å². The largest absolute Gasteiger partial charge is 0.462 e. The van der Waals surface area contributed by atoms with Gasteiger partial charge in [0.1, 0.15) is 5.82 Å². The van der Waals surface area contributed by atoms with Crippen molar-refractivity contribution in [3.05, 3.63) is 17.8 Å². The number of esters is 1. The minimum Gasteiger partial charge on any atom is -0.462 e. The fourth-order valence-corrected chi connectivity index (χ4v) is 1.99. The van der Waals surface area contributed by atoms with Crippen molar-refractivity contribution in [3.63, 3.8) is 0 Å². The number of rotatable bonds is 4. The Kier molecular flexibility index (Phi) is 3.90. The van der Waals surface area contributed by atoms with Gasteiger partial charge < -0.3 is 20.5 Å². The smallest absolute Gasteiger partial charge is 0.340 e. The molecule has 6 nitrogen and oxygen atoms in total. The first-order valence-corrected chi connectivity index (χ1v) is 6.32. The average Bonchev–Trinajstić information content (AvgIpc) is 2.79. The predicted molar refractivity (Wildman–Crippen MR) is 72.1 cm³/mol. The lowest BCUT2D eigenvalue weighted by atomic mass is 10.0. The van der Waals surface area contributed by atoms with E-state index in [2.05, 4.69) is 17.2 Å². The normalized spacial score (nSPS) is 22.2. The number of nitrogens with zero attached hydrogens (tertiary/aromatic N) is 1. The Bertz CT molecular complexity index is 470. The van der Waals surface area contributed by atoms with Crippen molar-refractivity contribution in [1.82, 2.24) is 4.98 Å². The molecule has 0 aromatic carbocycles. The summed E-state index contributed by atoms with van der Waals surface area (Å²) < 4.78 is 10.3. The summed E-state index contributed by atoms with van der Waals surface area (Å²) in [4.78, 5) is 15.9. The molecule has 1 aromatic heterocycles. The molecule has 0 radical (unpaired) electrons. The topological polar surface area (TPSA) is 86.5 Å². The van der Waals surface area contributed by atoms with Gasteiger partial charge in [-0.1, -0.05) is 0 Å². The molecule has 0 bridgehead atoms. The highest BCUT2D eigenvalue weighted by Crippen LogP contribution is 2.24. The molecule has 0 saturated carbocycles. The van der Waals surface area contributed by atoms with Crippen LogP contribution in [-0.4, -0.2) is 36.3 Å². The maximum atomic E-state index is 11.8. The molecule has 0 aliphatic carbocycles. The number of carbonyl (C=O) groups excluding carboxylic acids is 1.